The molecule has 0 spiro atoms. The molecule has 4 nitrogen and oxygen atoms in total. The zero-order chi connectivity index (χ0) is 14.4. The van der Waals surface area contributed by atoms with E-state index in [9.17, 15) is 0 Å². The molecule has 2 saturated heterocycles. The largest absolute Gasteiger partial charge is 0.381 e. The van der Waals surface area contributed by atoms with E-state index in [0.29, 0.717) is 6.04 Å². The van der Waals surface area contributed by atoms with Crippen LogP contribution in [0.4, 0.5) is 0 Å². The highest BCUT2D eigenvalue weighted by Gasteiger charge is 2.40. The highest BCUT2D eigenvalue weighted by Crippen LogP contribution is 2.30. The highest BCUT2D eigenvalue weighted by atomic mass is 16.5. The second kappa shape index (κ2) is 7.74. The summed E-state index contributed by atoms with van der Waals surface area (Å²) in [7, 11) is 0. The minimum atomic E-state index is 0.182. The Morgan fingerprint density at radius 1 is 1.10 bits per heavy atom. The fourth-order valence-electron chi connectivity index (χ4n) is 3.68. The van der Waals surface area contributed by atoms with Crippen molar-refractivity contribution in [3.63, 3.8) is 0 Å². The molecule has 0 aromatic carbocycles. The molecular weight excluding hydrogens is 252 g/mol. The Bertz CT molecular complexity index is 272. The van der Waals surface area contributed by atoms with Gasteiger partial charge in [-0.1, -0.05) is 6.92 Å². The van der Waals surface area contributed by atoms with Crippen LogP contribution in [0, 0.1) is 5.92 Å². The number of nitrogens with one attached hydrogen (secondary N) is 1. The van der Waals surface area contributed by atoms with Crippen LogP contribution < -0.4 is 5.32 Å². The molecule has 0 amide bonds. The van der Waals surface area contributed by atoms with Gasteiger partial charge in [-0.15, -0.1) is 0 Å². The predicted molar refractivity (Wildman–Crippen MR) is 82.1 cm³/mol. The van der Waals surface area contributed by atoms with Gasteiger partial charge in [-0.25, -0.2) is 0 Å². The van der Waals surface area contributed by atoms with Gasteiger partial charge in [0.2, 0.25) is 0 Å². The Kier molecular flexibility index (Phi) is 6.27. The first kappa shape index (κ1) is 16.2. The lowest BCUT2D eigenvalue weighted by atomic mass is 9.79. The number of hydrogen-bond donors (Lipinski definition) is 1. The van der Waals surface area contributed by atoms with Gasteiger partial charge in [0, 0.05) is 37.9 Å². The molecule has 2 heterocycles. The second-order valence-electron chi connectivity index (χ2n) is 6.63. The van der Waals surface area contributed by atoms with Crippen LogP contribution in [0.25, 0.3) is 0 Å². The SMILES string of the molecule is CCCNC(C1CCOCC1)C(C)(C)N1CCOCC1. The van der Waals surface area contributed by atoms with E-state index in [4.69, 9.17) is 9.47 Å². The van der Waals surface area contributed by atoms with Crippen LogP contribution in [0.2, 0.25) is 0 Å². The number of nitrogens with zero attached hydrogens (tertiary/aromatic N) is 1. The molecule has 2 fully saturated rings. The van der Waals surface area contributed by atoms with E-state index >= 15 is 0 Å². The minimum Gasteiger partial charge on any atom is -0.381 e. The van der Waals surface area contributed by atoms with Crippen molar-refractivity contribution >= 4 is 0 Å². The normalized spacial score (nSPS) is 24.8. The first-order valence-electron chi connectivity index (χ1n) is 8.30. The van der Waals surface area contributed by atoms with E-state index in [1.807, 2.05) is 0 Å². The molecule has 1 unspecified atom stereocenters. The molecule has 0 aromatic heterocycles. The lowest BCUT2D eigenvalue weighted by molar-refractivity contribution is -0.0434. The summed E-state index contributed by atoms with van der Waals surface area (Å²) in [6.45, 7) is 13.9. The fraction of sp³-hybridized carbons (Fsp3) is 1.00. The first-order chi connectivity index (χ1) is 9.66. The summed E-state index contributed by atoms with van der Waals surface area (Å²) in [4.78, 5) is 2.61. The summed E-state index contributed by atoms with van der Waals surface area (Å²) in [5, 5.41) is 3.84. The monoisotopic (exact) mass is 284 g/mol. The van der Waals surface area contributed by atoms with Crippen molar-refractivity contribution < 1.29 is 9.47 Å². The number of morpholine rings is 1. The van der Waals surface area contributed by atoms with Crippen LogP contribution in [-0.4, -0.2) is 62.5 Å². The van der Waals surface area contributed by atoms with Gasteiger partial charge in [0.25, 0.3) is 0 Å². The Labute approximate surface area is 124 Å². The summed E-state index contributed by atoms with van der Waals surface area (Å²) in [5.41, 5.74) is 0.182. The van der Waals surface area contributed by atoms with Crippen LogP contribution in [0.3, 0.4) is 0 Å². The molecule has 0 bridgehead atoms. The van der Waals surface area contributed by atoms with E-state index in [-0.39, 0.29) is 5.54 Å². The van der Waals surface area contributed by atoms with Crippen LogP contribution in [0.5, 0.6) is 0 Å². The zero-order valence-electron chi connectivity index (χ0n) is 13.5. The van der Waals surface area contributed by atoms with Crippen LogP contribution >= 0.6 is 0 Å². The smallest absolute Gasteiger partial charge is 0.0594 e. The Balaban J connectivity index is 2.05. The third kappa shape index (κ3) is 3.94. The van der Waals surface area contributed by atoms with Gasteiger partial charge in [0.15, 0.2) is 0 Å². The van der Waals surface area contributed by atoms with Gasteiger partial charge < -0.3 is 14.8 Å². The molecule has 2 rings (SSSR count). The maximum atomic E-state index is 5.55. The Hall–Kier alpha value is -0.160. The van der Waals surface area contributed by atoms with Gasteiger partial charge >= 0.3 is 0 Å². The molecule has 4 heteroatoms. The third-order valence-electron chi connectivity index (χ3n) is 4.94. The molecule has 0 radical (unpaired) electrons. The second-order valence-corrected chi connectivity index (χ2v) is 6.63. The minimum absolute atomic E-state index is 0.182. The topological polar surface area (TPSA) is 33.7 Å². The molecule has 2 aliphatic rings. The highest BCUT2D eigenvalue weighted by molar-refractivity contribution is 4.98. The third-order valence-corrected chi connectivity index (χ3v) is 4.94. The molecule has 1 atom stereocenters. The van der Waals surface area contributed by atoms with Crippen LogP contribution in [0.15, 0.2) is 0 Å². The Morgan fingerprint density at radius 3 is 2.30 bits per heavy atom. The summed E-state index contributed by atoms with van der Waals surface area (Å²) >= 11 is 0. The Morgan fingerprint density at radius 2 is 1.70 bits per heavy atom. The van der Waals surface area contributed by atoms with Crippen molar-refractivity contribution in [2.24, 2.45) is 5.92 Å². The number of rotatable bonds is 6. The van der Waals surface area contributed by atoms with E-state index in [2.05, 4.69) is 31.0 Å². The average molecular weight is 284 g/mol. The van der Waals surface area contributed by atoms with Crippen LogP contribution in [0.1, 0.15) is 40.0 Å². The molecule has 0 aromatic rings. The molecule has 0 saturated carbocycles. The first-order valence-corrected chi connectivity index (χ1v) is 8.30. The van der Waals surface area contributed by atoms with E-state index < -0.39 is 0 Å². The van der Waals surface area contributed by atoms with Crippen molar-refractivity contribution in [3.05, 3.63) is 0 Å². The predicted octanol–water partition coefficient (Wildman–Crippen LogP) is 1.89. The molecule has 2 aliphatic heterocycles. The van der Waals surface area contributed by atoms with Gasteiger partial charge in [0.05, 0.1) is 13.2 Å². The van der Waals surface area contributed by atoms with Crippen molar-refractivity contribution in [2.75, 3.05) is 46.1 Å². The van der Waals surface area contributed by atoms with E-state index in [1.165, 1.54) is 19.3 Å². The van der Waals surface area contributed by atoms with Gasteiger partial charge in [0.1, 0.15) is 0 Å². The van der Waals surface area contributed by atoms with Crippen molar-refractivity contribution in [3.8, 4) is 0 Å². The summed E-state index contributed by atoms with van der Waals surface area (Å²) < 4.78 is 11.1. The summed E-state index contributed by atoms with van der Waals surface area (Å²) in [5.74, 6) is 0.730. The lowest BCUT2D eigenvalue weighted by Gasteiger charge is -2.49. The average Bonchev–Trinajstić information content (AvgIpc) is 2.49. The molecule has 0 aliphatic carbocycles. The standard InChI is InChI=1S/C16H32N2O2/c1-4-7-17-15(14-5-10-19-11-6-14)16(2,3)18-8-12-20-13-9-18/h14-15,17H,4-13H2,1-3H3. The molecule has 1 N–H and O–H groups in total. The molecule has 20 heavy (non-hydrogen) atoms. The maximum absolute atomic E-state index is 5.55. The van der Waals surface area contributed by atoms with Gasteiger partial charge in [-0.2, -0.15) is 0 Å². The number of ether oxygens (including phenoxy) is 2. The lowest BCUT2D eigenvalue weighted by Crippen LogP contribution is -2.63. The van der Waals surface area contributed by atoms with Gasteiger partial charge in [-0.05, 0) is 45.6 Å². The molecule has 118 valence electrons. The zero-order valence-corrected chi connectivity index (χ0v) is 13.5. The van der Waals surface area contributed by atoms with E-state index in [0.717, 1.165) is 52.0 Å². The quantitative estimate of drug-likeness (QED) is 0.807. The van der Waals surface area contributed by atoms with Crippen molar-refractivity contribution in [2.45, 2.75) is 51.6 Å². The number of hydrogen-bond acceptors (Lipinski definition) is 4. The van der Waals surface area contributed by atoms with Crippen molar-refractivity contribution in [1.29, 1.82) is 0 Å². The van der Waals surface area contributed by atoms with Crippen molar-refractivity contribution in [1.82, 2.24) is 10.2 Å². The molecular formula is C16H32N2O2. The fourth-order valence-corrected chi connectivity index (χ4v) is 3.68. The summed E-state index contributed by atoms with van der Waals surface area (Å²) in [6, 6.07) is 0.546. The van der Waals surface area contributed by atoms with Crippen LogP contribution in [-0.2, 0) is 9.47 Å². The summed E-state index contributed by atoms with van der Waals surface area (Å²) in [6.07, 6.45) is 3.57. The van der Waals surface area contributed by atoms with E-state index in [1.54, 1.807) is 0 Å². The maximum Gasteiger partial charge on any atom is 0.0594 e. The van der Waals surface area contributed by atoms with Gasteiger partial charge in [-0.3, -0.25) is 4.90 Å².